The number of aliphatic carboxylic acids is 1. The molecule has 7 nitrogen and oxygen atoms in total. The van der Waals surface area contributed by atoms with Gasteiger partial charge in [-0.3, -0.25) is 14.9 Å². The number of aliphatic hydroxyl groups excluding tert-OH is 1. The molecule has 0 fully saturated rings. The van der Waals surface area contributed by atoms with Crippen LogP contribution in [0.4, 0.5) is 5.00 Å². The number of nitrogens with two attached hydrogens (primary N) is 1. The van der Waals surface area contributed by atoms with Crippen molar-refractivity contribution in [2.75, 3.05) is 0 Å². The van der Waals surface area contributed by atoms with E-state index in [0.29, 0.717) is 0 Å². The summed E-state index contributed by atoms with van der Waals surface area (Å²) in [6.45, 7) is 0. The number of hydrogen-bond acceptors (Lipinski definition) is 6. The summed E-state index contributed by atoms with van der Waals surface area (Å²) in [5.74, 6) is -1.36. The summed E-state index contributed by atoms with van der Waals surface area (Å²) in [6.07, 6.45) is -1.44. The smallest absolute Gasteiger partial charge is 0.324 e. The highest BCUT2D eigenvalue weighted by atomic mass is 32.1. The molecule has 82 valence electrons. The van der Waals surface area contributed by atoms with Gasteiger partial charge in [0, 0.05) is 17.0 Å². The van der Waals surface area contributed by atoms with Crippen molar-refractivity contribution >= 4 is 22.3 Å². The third-order valence-electron chi connectivity index (χ3n) is 1.75. The van der Waals surface area contributed by atoms with E-state index in [0.717, 1.165) is 17.4 Å². The molecule has 0 aliphatic rings. The van der Waals surface area contributed by atoms with Crippen LogP contribution < -0.4 is 5.73 Å². The Morgan fingerprint density at radius 2 is 2.27 bits per heavy atom. The molecule has 1 aromatic rings. The molecule has 0 aliphatic carbocycles. The van der Waals surface area contributed by atoms with Gasteiger partial charge in [0.1, 0.15) is 12.1 Å². The van der Waals surface area contributed by atoms with E-state index in [1.54, 1.807) is 0 Å². The maximum absolute atomic E-state index is 10.4. The Bertz CT molecular complexity index is 390. The van der Waals surface area contributed by atoms with E-state index in [2.05, 4.69) is 0 Å². The van der Waals surface area contributed by atoms with Crippen molar-refractivity contribution in [1.82, 2.24) is 0 Å². The van der Waals surface area contributed by atoms with Crippen LogP contribution in [0.2, 0.25) is 0 Å². The monoisotopic (exact) mass is 232 g/mol. The number of hydrogen-bond donors (Lipinski definition) is 3. The van der Waals surface area contributed by atoms with Gasteiger partial charge in [0.2, 0.25) is 0 Å². The zero-order chi connectivity index (χ0) is 11.6. The van der Waals surface area contributed by atoms with Crippen LogP contribution in [-0.4, -0.2) is 27.1 Å². The predicted octanol–water partition coefficient (Wildman–Crippen LogP) is 0.102. The number of nitro groups is 1. The highest BCUT2D eigenvalue weighted by Gasteiger charge is 2.26. The molecule has 1 aromatic heterocycles. The number of thiophene rings is 1. The van der Waals surface area contributed by atoms with Crippen molar-refractivity contribution in [3.63, 3.8) is 0 Å². The van der Waals surface area contributed by atoms with E-state index in [4.69, 9.17) is 10.8 Å². The zero-order valence-electron chi connectivity index (χ0n) is 7.36. The van der Waals surface area contributed by atoms with Gasteiger partial charge in [-0.2, -0.15) is 0 Å². The Kier molecular flexibility index (Phi) is 3.35. The maximum atomic E-state index is 10.4. The van der Waals surface area contributed by atoms with E-state index >= 15 is 0 Å². The van der Waals surface area contributed by atoms with Crippen molar-refractivity contribution in [3.05, 3.63) is 27.1 Å². The summed E-state index contributed by atoms with van der Waals surface area (Å²) < 4.78 is 0. The first-order valence-electron chi connectivity index (χ1n) is 3.82. The molecule has 0 bridgehead atoms. The first kappa shape index (κ1) is 11.6. The van der Waals surface area contributed by atoms with Crippen LogP contribution in [0.1, 0.15) is 11.7 Å². The second kappa shape index (κ2) is 4.34. The average molecular weight is 232 g/mol. The SMILES string of the molecule is NC(C(=O)O)C(O)c1csc([N+](=O)[O-])c1. The Balaban J connectivity index is 2.87. The van der Waals surface area contributed by atoms with E-state index in [1.165, 1.54) is 5.38 Å². The van der Waals surface area contributed by atoms with Crippen LogP contribution in [0.15, 0.2) is 11.4 Å². The summed E-state index contributed by atoms with van der Waals surface area (Å²) in [4.78, 5) is 20.1. The minimum atomic E-state index is -1.49. The average Bonchev–Trinajstić information content (AvgIpc) is 2.64. The molecule has 15 heavy (non-hydrogen) atoms. The quantitative estimate of drug-likeness (QED) is 0.499. The maximum Gasteiger partial charge on any atom is 0.324 e. The van der Waals surface area contributed by atoms with Crippen molar-refractivity contribution in [3.8, 4) is 0 Å². The molecule has 0 saturated carbocycles. The highest BCUT2D eigenvalue weighted by molar-refractivity contribution is 7.13. The molecular formula is C7H8N2O5S. The summed E-state index contributed by atoms with van der Waals surface area (Å²) in [6, 6.07) is -0.378. The molecule has 1 heterocycles. The number of nitrogens with zero attached hydrogens (tertiary/aromatic N) is 1. The van der Waals surface area contributed by atoms with Crippen LogP contribution in [0, 0.1) is 10.1 Å². The molecule has 0 amide bonds. The Hall–Kier alpha value is -1.51. The van der Waals surface area contributed by atoms with Crippen LogP contribution in [0.5, 0.6) is 0 Å². The lowest BCUT2D eigenvalue weighted by atomic mass is 10.1. The van der Waals surface area contributed by atoms with Gasteiger partial charge in [-0.25, -0.2) is 0 Å². The van der Waals surface area contributed by atoms with Gasteiger partial charge in [-0.15, -0.1) is 0 Å². The third-order valence-corrected chi connectivity index (χ3v) is 2.65. The first-order chi connectivity index (χ1) is 6.93. The molecule has 0 saturated heterocycles. The minimum Gasteiger partial charge on any atom is -0.480 e. The molecule has 2 atom stereocenters. The lowest BCUT2D eigenvalue weighted by molar-refractivity contribution is -0.380. The molecule has 8 heteroatoms. The summed E-state index contributed by atoms with van der Waals surface area (Å²) in [5.41, 5.74) is 5.30. The van der Waals surface area contributed by atoms with E-state index < -0.39 is 23.0 Å². The molecule has 0 aliphatic heterocycles. The lowest BCUT2D eigenvalue weighted by Gasteiger charge is -2.12. The third kappa shape index (κ3) is 2.49. The van der Waals surface area contributed by atoms with Crippen LogP contribution in [0.25, 0.3) is 0 Å². The normalized spacial score (nSPS) is 14.5. The van der Waals surface area contributed by atoms with Gasteiger partial charge in [0.15, 0.2) is 0 Å². The van der Waals surface area contributed by atoms with Gasteiger partial charge >= 0.3 is 11.0 Å². The highest BCUT2D eigenvalue weighted by Crippen LogP contribution is 2.27. The Morgan fingerprint density at radius 1 is 1.67 bits per heavy atom. The summed E-state index contributed by atoms with van der Waals surface area (Å²) in [7, 11) is 0. The molecule has 4 N–H and O–H groups in total. The lowest BCUT2D eigenvalue weighted by Crippen LogP contribution is -2.36. The fourth-order valence-electron chi connectivity index (χ4n) is 0.932. The molecular weight excluding hydrogens is 224 g/mol. The largest absolute Gasteiger partial charge is 0.480 e. The van der Waals surface area contributed by atoms with E-state index in [9.17, 15) is 20.0 Å². The van der Waals surface area contributed by atoms with Crippen molar-refractivity contribution < 1.29 is 19.9 Å². The summed E-state index contributed by atoms with van der Waals surface area (Å²) in [5, 5.41) is 29.4. The standard InChI is InChI=1S/C7H8N2O5S/c8-5(7(11)12)6(10)3-1-4(9(13)14)15-2-3/h1-2,5-6,10H,8H2,(H,11,12). The number of carbonyl (C=O) groups is 1. The molecule has 1 rings (SSSR count). The number of carboxylic acids is 1. The predicted molar refractivity (Wildman–Crippen MR) is 51.5 cm³/mol. The number of aliphatic hydroxyl groups is 1. The van der Waals surface area contributed by atoms with E-state index in [1.807, 2.05) is 0 Å². The topological polar surface area (TPSA) is 127 Å². The molecule has 0 radical (unpaired) electrons. The Morgan fingerprint density at radius 3 is 2.67 bits per heavy atom. The van der Waals surface area contributed by atoms with Crippen molar-refractivity contribution in [1.29, 1.82) is 0 Å². The minimum absolute atomic E-state index is 0.140. The van der Waals surface area contributed by atoms with Gasteiger partial charge in [-0.05, 0) is 0 Å². The molecule has 0 spiro atoms. The van der Waals surface area contributed by atoms with Gasteiger partial charge in [-0.1, -0.05) is 11.3 Å². The summed E-state index contributed by atoms with van der Waals surface area (Å²) >= 11 is 0.808. The number of rotatable bonds is 4. The van der Waals surface area contributed by atoms with Crippen molar-refractivity contribution in [2.24, 2.45) is 5.73 Å². The Labute approximate surface area is 87.9 Å². The molecule has 0 aromatic carbocycles. The fraction of sp³-hybridized carbons (Fsp3) is 0.286. The van der Waals surface area contributed by atoms with Gasteiger partial charge in [0.25, 0.3) is 0 Å². The van der Waals surface area contributed by atoms with Crippen LogP contribution in [-0.2, 0) is 4.79 Å². The molecule has 2 unspecified atom stereocenters. The van der Waals surface area contributed by atoms with E-state index in [-0.39, 0.29) is 10.6 Å². The van der Waals surface area contributed by atoms with Gasteiger partial charge in [0.05, 0.1) is 4.92 Å². The second-order valence-corrected chi connectivity index (χ2v) is 3.67. The van der Waals surface area contributed by atoms with Crippen molar-refractivity contribution in [2.45, 2.75) is 12.1 Å². The fourth-order valence-corrected chi connectivity index (χ4v) is 1.69. The van der Waals surface area contributed by atoms with Crippen LogP contribution in [0.3, 0.4) is 0 Å². The van der Waals surface area contributed by atoms with Crippen LogP contribution >= 0.6 is 11.3 Å². The second-order valence-electron chi connectivity index (χ2n) is 2.78. The zero-order valence-corrected chi connectivity index (χ0v) is 8.18. The van der Waals surface area contributed by atoms with Gasteiger partial charge < -0.3 is 15.9 Å². The number of carboxylic acid groups (broad SMARTS) is 1. The first-order valence-corrected chi connectivity index (χ1v) is 4.70.